The van der Waals surface area contributed by atoms with Gasteiger partial charge in [0, 0.05) is 6.42 Å². The number of nitrogens with one attached hydrogen (secondary N) is 1. The van der Waals surface area contributed by atoms with Crippen molar-refractivity contribution >= 4 is 23.6 Å². The van der Waals surface area contributed by atoms with Crippen LogP contribution in [0, 0.1) is 0 Å². The Morgan fingerprint density at radius 2 is 1.94 bits per heavy atom. The van der Waals surface area contributed by atoms with Gasteiger partial charge in [-0.2, -0.15) is 15.0 Å². The van der Waals surface area contributed by atoms with Crippen LogP contribution in [0.15, 0.2) is 12.2 Å². The molecule has 0 saturated carbocycles. The fourth-order valence-electron chi connectivity index (χ4n) is 1.05. The van der Waals surface area contributed by atoms with E-state index in [0.29, 0.717) is 12.0 Å². The van der Waals surface area contributed by atoms with Gasteiger partial charge in [0.15, 0.2) is 5.78 Å². The van der Waals surface area contributed by atoms with E-state index in [2.05, 4.69) is 26.8 Å². The van der Waals surface area contributed by atoms with Crippen LogP contribution in [0.25, 0.3) is 0 Å². The number of anilines is 3. The van der Waals surface area contributed by atoms with Crippen molar-refractivity contribution in [2.24, 2.45) is 0 Å². The van der Waals surface area contributed by atoms with Gasteiger partial charge < -0.3 is 21.5 Å². The smallest absolute Gasteiger partial charge is 0.231 e. The molecule has 1 rings (SSSR count). The number of hydrogen-bond acceptors (Lipinski definition) is 8. The molecule has 1 heterocycles. The van der Waals surface area contributed by atoms with E-state index in [4.69, 9.17) is 16.2 Å². The number of nitrogen functional groups attached to an aromatic ring is 2. The van der Waals surface area contributed by atoms with Gasteiger partial charge in [0.25, 0.3) is 0 Å². The van der Waals surface area contributed by atoms with Crippen molar-refractivity contribution in [3.05, 3.63) is 12.2 Å². The molecule has 5 N–H and O–H groups in total. The van der Waals surface area contributed by atoms with E-state index in [-0.39, 0.29) is 37.0 Å². The van der Waals surface area contributed by atoms with Gasteiger partial charge in [-0.1, -0.05) is 6.58 Å². The first-order valence-corrected chi connectivity index (χ1v) is 5.26. The molecule has 18 heavy (non-hydrogen) atoms. The summed E-state index contributed by atoms with van der Waals surface area (Å²) in [7, 11) is 0. The number of hydrogen-bond donors (Lipinski definition) is 3. The van der Waals surface area contributed by atoms with Crippen molar-refractivity contribution in [1.82, 2.24) is 15.0 Å². The van der Waals surface area contributed by atoms with E-state index in [1.165, 1.54) is 0 Å². The van der Waals surface area contributed by atoms with Crippen molar-refractivity contribution < 1.29 is 9.53 Å². The molecular weight excluding hydrogens is 236 g/mol. The molecule has 0 aliphatic heterocycles. The summed E-state index contributed by atoms with van der Waals surface area (Å²) in [6, 6.07) is 0. The Hall–Kier alpha value is -2.22. The fraction of sp³-hybridized carbons (Fsp3) is 0.400. The summed E-state index contributed by atoms with van der Waals surface area (Å²) in [6.45, 7) is 5.64. The Labute approximate surface area is 104 Å². The van der Waals surface area contributed by atoms with Gasteiger partial charge in [-0.25, -0.2) is 0 Å². The van der Waals surface area contributed by atoms with E-state index < -0.39 is 0 Å². The molecule has 8 nitrogen and oxygen atoms in total. The summed E-state index contributed by atoms with van der Waals surface area (Å²) in [5.41, 5.74) is 11.3. The monoisotopic (exact) mass is 252 g/mol. The second kappa shape index (κ2) is 6.50. The van der Waals surface area contributed by atoms with Crippen LogP contribution >= 0.6 is 0 Å². The first kappa shape index (κ1) is 13.8. The summed E-state index contributed by atoms with van der Waals surface area (Å²) in [5.74, 6) is 0.264. The van der Waals surface area contributed by atoms with Crippen LogP contribution in [-0.2, 0) is 9.53 Å². The number of rotatable bonds is 7. The third kappa shape index (κ3) is 4.74. The summed E-state index contributed by atoms with van der Waals surface area (Å²) in [4.78, 5) is 22.4. The van der Waals surface area contributed by atoms with Gasteiger partial charge in [-0.05, 0) is 12.5 Å². The number of ketones is 1. The van der Waals surface area contributed by atoms with Crippen molar-refractivity contribution in [1.29, 1.82) is 0 Å². The molecule has 1 aromatic rings. The third-order valence-electron chi connectivity index (χ3n) is 1.95. The van der Waals surface area contributed by atoms with Gasteiger partial charge in [-0.3, -0.25) is 4.79 Å². The highest BCUT2D eigenvalue weighted by molar-refractivity contribution is 5.94. The number of allylic oxidation sites excluding steroid dienone is 1. The van der Waals surface area contributed by atoms with Crippen LogP contribution in [0.4, 0.5) is 17.8 Å². The molecule has 0 aliphatic carbocycles. The minimum Gasteiger partial charge on any atom is -0.368 e. The Bertz CT molecular complexity index is 428. The van der Waals surface area contributed by atoms with E-state index in [1.54, 1.807) is 6.92 Å². The lowest BCUT2D eigenvalue weighted by Gasteiger charge is -2.06. The van der Waals surface area contributed by atoms with Crippen molar-refractivity contribution in [2.45, 2.75) is 13.3 Å². The molecule has 0 fully saturated rings. The molecule has 8 heteroatoms. The van der Waals surface area contributed by atoms with Crippen LogP contribution in [0.5, 0.6) is 0 Å². The van der Waals surface area contributed by atoms with E-state index in [1.807, 2.05) is 0 Å². The first-order valence-electron chi connectivity index (χ1n) is 5.26. The third-order valence-corrected chi connectivity index (χ3v) is 1.95. The van der Waals surface area contributed by atoms with Crippen LogP contribution in [-0.4, -0.2) is 34.1 Å². The molecule has 1 aromatic heterocycles. The molecule has 0 bridgehead atoms. The SMILES string of the molecule is C=C(C)C(=O)CCOCNc1nc(N)nc(N)n1. The number of carbonyl (C=O) groups excluding carboxylic acids is 1. The summed E-state index contributed by atoms with van der Waals surface area (Å²) >= 11 is 0. The standard InChI is InChI=1S/C10H16N6O2/c1-6(2)7(17)3-4-18-5-13-10-15-8(11)14-9(12)16-10/h1,3-5H2,2H3,(H5,11,12,13,14,15,16). The van der Waals surface area contributed by atoms with Crippen LogP contribution in [0.1, 0.15) is 13.3 Å². The maximum Gasteiger partial charge on any atom is 0.231 e. The quantitative estimate of drug-likeness (QED) is 0.350. The van der Waals surface area contributed by atoms with E-state index in [9.17, 15) is 4.79 Å². The van der Waals surface area contributed by atoms with Gasteiger partial charge in [-0.15, -0.1) is 0 Å². The van der Waals surface area contributed by atoms with E-state index >= 15 is 0 Å². The number of ether oxygens (including phenoxy) is 1. The van der Waals surface area contributed by atoms with Crippen molar-refractivity contribution in [3.8, 4) is 0 Å². The summed E-state index contributed by atoms with van der Waals surface area (Å²) < 4.78 is 5.18. The molecule has 0 unspecified atom stereocenters. The molecule has 0 spiro atoms. The number of Topliss-reactive ketones (excluding diaryl/α,β-unsaturated/α-hetero) is 1. The zero-order valence-corrected chi connectivity index (χ0v) is 10.1. The van der Waals surface area contributed by atoms with Gasteiger partial charge in [0.1, 0.15) is 6.73 Å². The average molecular weight is 252 g/mol. The fourth-order valence-corrected chi connectivity index (χ4v) is 1.05. The molecule has 0 atom stereocenters. The van der Waals surface area contributed by atoms with Gasteiger partial charge >= 0.3 is 0 Å². The maximum atomic E-state index is 11.2. The van der Waals surface area contributed by atoms with Gasteiger partial charge in [0.05, 0.1) is 6.61 Å². The van der Waals surface area contributed by atoms with Gasteiger partial charge in [0.2, 0.25) is 17.8 Å². The first-order chi connectivity index (χ1) is 8.49. The molecule has 98 valence electrons. The maximum absolute atomic E-state index is 11.2. The number of aromatic nitrogens is 3. The minimum atomic E-state index is -0.0244. The summed E-state index contributed by atoms with van der Waals surface area (Å²) in [5, 5.41) is 2.75. The Morgan fingerprint density at radius 3 is 2.50 bits per heavy atom. The molecular formula is C10H16N6O2. The van der Waals surface area contributed by atoms with Crippen LogP contribution in [0.2, 0.25) is 0 Å². The lowest BCUT2D eigenvalue weighted by atomic mass is 10.2. The molecule has 0 aromatic carbocycles. The number of nitrogens with two attached hydrogens (primary N) is 2. The lowest BCUT2D eigenvalue weighted by molar-refractivity contribution is -0.116. The zero-order chi connectivity index (χ0) is 13.5. The number of carbonyl (C=O) groups is 1. The summed E-state index contributed by atoms with van der Waals surface area (Å²) in [6.07, 6.45) is 0.290. The largest absolute Gasteiger partial charge is 0.368 e. The minimum absolute atomic E-state index is 0.0244. The highest BCUT2D eigenvalue weighted by Gasteiger charge is 2.03. The van der Waals surface area contributed by atoms with Crippen LogP contribution < -0.4 is 16.8 Å². The van der Waals surface area contributed by atoms with Crippen LogP contribution in [0.3, 0.4) is 0 Å². The average Bonchev–Trinajstić information content (AvgIpc) is 2.26. The van der Waals surface area contributed by atoms with Crippen molar-refractivity contribution in [2.75, 3.05) is 30.1 Å². The van der Waals surface area contributed by atoms with Crippen molar-refractivity contribution in [3.63, 3.8) is 0 Å². The molecule has 0 saturated heterocycles. The second-order valence-electron chi connectivity index (χ2n) is 3.56. The molecule has 0 radical (unpaired) electrons. The highest BCUT2D eigenvalue weighted by Crippen LogP contribution is 2.03. The molecule has 0 amide bonds. The molecule has 0 aliphatic rings. The number of nitrogens with zero attached hydrogens (tertiary/aromatic N) is 3. The second-order valence-corrected chi connectivity index (χ2v) is 3.56. The predicted molar refractivity (Wildman–Crippen MR) is 67.5 cm³/mol. The normalized spacial score (nSPS) is 10.1. The van der Waals surface area contributed by atoms with E-state index in [0.717, 1.165) is 0 Å². The lowest BCUT2D eigenvalue weighted by Crippen LogP contribution is -2.14. The predicted octanol–water partition coefficient (Wildman–Crippen LogP) is -0.0427. The topological polar surface area (TPSA) is 129 Å². The zero-order valence-electron chi connectivity index (χ0n) is 10.1. The Balaban J connectivity index is 2.26. The Kier molecular flexibility index (Phi) is 5.00. The Morgan fingerprint density at radius 1 is 1.33 bits per heavy atom. The highest BCUT2D eigenvalue weighted by atomic mass is 16.5.